The van der Waals surface area contributed by atoms with Gasteiger partial charge in [-0.2, -0.15) is 13.2 Å². The molecule has 0 radical (unpaired) electrons. The number of halogens is 5. The van der Waals surface area contributed by atoms with E-state index in [9.17, 15) is 27.1 Å². The Morgan fingerprint density at radius 2 is 1.84 bits per heavy atom. The second-order valence-electron chi connectivity index (χ2n) is 8.55. The quantitative estimate of drug-likeness (QED) is 0.531. The second kappa shape index (κ2) is 6.85. The molecule has 2 N–H and O–H groups in total. The predicted molar refractivity (Wildman–Crippen MR) is 106 cm³/mol. The van der Waals surface area contributed by atoms with Crippen LogP contribution in [0, 0.1) is 18.6 Å². The summed E-state index contributed by atoms with van der Waals surface area (Å²) in [5.41, 5.74) is -3.78. The standard InChI is InChI=1S/C22H20F5N3O/c1-11-28-9-13-16(8-15(23)17(24)18(13)29-11)30-19-12-6-4-5-7-14(12)20(2,3)10-21(19,31)22(25,26)27/h4-9,19,30-31H,10H2,1-3H3/t19-,21-/m1/s1. The molecule has 164 valence electrons. The third-order valence-corrected chi connectivity index (χ3v) is 5.87. The Hall–Kier alpha value is -2.81. The van der Waals surface area contributed by atoms with Crippen molar-refractivity contribution in [2.24, 2.45) is 0 Å². The highest BCUT2D eigenvalue weighted by Gasteiger charge is 2.63. The molecule has 0 fully saturated rings. The first kappa shape index (κ1) is 21.4. The molecule has 1 aromatic heterocycles. The van der Waals surface area contributed by atoms with Crippen molar-refractivity contribution < 1.29 is 27.1 Å². The number of fused-ring (bicyclic) bond motifs is 2. The lowest BCUT2D eigenvalue weighted by molar-refractivity contribution is -0.275. The van der Waals surface area contributed by atoms with Gasteiger partial charge in [0, 0.05) is 23.3 Å². The minimum Gasteiger partial charge on any atom is -0.379 e. The monoisotopic (exact) mass is 437 g/mol. The zero-order valence-corrected chi connectivity index (χ0v) is 17.0. The van der Waals surface area contributed by atoms with Gasteiger partial charge >= 0.3 is 6.18 Å². The minimum atomic E-state index is -4.99. The molecule has 0 unspecified atom stereocenters. The number of nitrogens with one attached hydrogen (secondary N) is 1. The van der Waals surface area contributed by atoms with E-state index in [0.717, 1.165) is 6.07 Å². The summed E-state index contributed by atoms with van der Waals surface area (Å²) in [6, 6.07) is 5.57. The summed E-state index contributed by atoms with van der Waals surface area (Å²) in [4.78, 5) is 7.85. The van der Waals surface area contributed by atoms with Crippen LogP contribution in [0.2, 0.25) is 0 Å². The van der Waals surface area contributed by atoms with Crippen molar-refractivity contribution >= 4 is 16.6 Å². The van der Waals surface area contributed by atoms with Crippen LogP contribution in [0.4, 0.5) is 27.6 Å². The fourth-order valence-electron chi connectivity index (χ4n) is 4.44. The Morgan fingerprint density at radius 1 is 1.16 bits per heavy atom. The topological polar surface area (TPSA) is 58.0 Å². The largest absolute Gasteiger partial charge is 0.419 e. The molecule has 0 aliphatic heterocycles. The number of hydrogen-bond donors (Lipinski definition) is 2. The van der Waals surface area contributed by atoms with Gasteiger partial charge in [0.2, 0.25) is 0 Å². The molecule has 2 aromatic carbocycles. The average molecular weight is 437 g/mol. The summed E-state index contributed by atoms with van der Waals surface area (Å²) >= 11 is 0. The van der Waals surface area contributed by atoms with Gasteiger partial charge in [0.25, 0.3) is 0 Å². The third kappa shape index (κ3) is 3.31. The number of aryl methyl sites for hydroxylation is 1. The number of anilines is 1. The third-order valence-electron chi connectivity index (χ3n) is 5.87. The minimum absolute atomic E-state index is 0.0105. The molecule has 1 heterocycles. The van der Waals surface area contributed by atoms with Crippen LogP contribution in [-0.2, 0) is 5.41 Å². The van der Waals surface area contributed by atoms with Crippen molar-refractivity contribution in [3.63, 3.8) is 0 Å². The summed E-state index contributed by atoms with van der Waals surface area (Å²) in [7, 11) is 0. The molecule has 0 bridgehead atoms. The summed E-state index contributed by atoms with van der Waals surface area (Å²) in [5, 5.41) is 13.6. The number of rotatable bonds is 2. The van der Waals surface area contributed by atoms with Gasteiger partial charge in [-0.15, -0.1) is 0 Å². The Balaban J connectivity index is 1.95. The molecule has 3 aromatic rings. The van der Waals surface area contributed by atoms with E-state index in [4.69, 9.17) is 0 Å². The van der Waals surface area contributed by atoms with E-state index in [1.54, 1.807) is 32.0 Å². The van der Waals surface area contributed by atoms with Crippen molar-refractivity contribution in [2.45, 2.75) is 50.4 Å². The molecule has 9 heteroatoms. The van der Waals surface area contributed by atoms with Crippen LogP contribution in [0.5, 0.6) is 0 Å². The van der Waals surface area contributed by atoms with Crippen molar-refractivity contribution in [1.29, 1.82) is 0 Å². The highest BCUT2D eigenvalue weighted by Crippen LogP contribution is 2.54. The first-order chi connectivity index (χ1) is 14.3. The van der Waals surface area contributed by atoms with E-state index in [1.807, 2.05) is 0 Å². The molecule has 4 nitrogen and oxygen atoms in total. The lowest BCUT2D eigenvalue weighted by atomic mass is 9.63. The molecule has 0 amide bonds. The lowest BCUT2D eigenvalue weighted by Gasteiger charge is -2.49. The second-order valence-corrected chi connectivity index (χ2v) is 8.55. The Kier molecular flexibility index (Phi) is 4.73. The van der Waals surface area contributed by atoms with Crippen LogP contribution in [0.25, 0.3) is 10.9 Å². The van der Waals surface area contributed by atoms with Gasteiger partial charge in [-0.25, -0.2) is 18.7 Å². The van der Waals surface area contributed by atoms with E-state index in [0.29, 0.717) is 5.56 Å². The van der Waals surface area contributed by atoms with E-state index >= 15 is 0 Å². The summed E-state index contributed by atoms with van der Waals surface area (Å²) < 4.78 is 71.1. The zero-order chi connectivity index (χ0) is 22.8. The van der Waals surface area contributed by atoms with Crippen molar-refractivity contribution in [1.82, 2.24) is 9.97 Å². The van der Waals surface area contributed by atoms with Gasteiger partial charge in [0.15, 0.2) is 17.2 Å². The number of nitrogens with zero attached hydrogens (tertiary/aromatic N) is 2. The molecule has 0 saturated carbocycles. The van der Waals surface area contributed by atoms with E-state index in [1.165, 1.54) is 19.2 Å². The molecule has 31 heavy (non-hydrogen) atoms. The van der Waals surface area contributed by atoms with Crippen LogP contribution >= 0.6 is 0 Å². The molecule has 1 aliphatic rings. The van der Waals surface area contributed by atoms with Crippen molar-refractivity contribution in [2.75, 3.05) is 5.32 Å². The van der Waals surface area contributed by atoms with Gasteiger partial charge in [-0.3, -0.25) is 0 Å². The fourth-order valence-corrected chi connectivity index (χ4v) is 4.44. The number of aliphatic hydroxyl groups is 1. The molecule has 0 saturated heterocycles. The first-order valence-electron chi connectivity index (χ1n) is 9.61. The molecule has 1 aliphatic carbocycles. The predicted octanol–water partition coefficient (Wildman–Crippen LogP) is 5.34. The van der Waals surface area contributed by atoms with Crippen LogP contribution in [0.3, 0.4) is 0 Å². The number of benzene rings is 2. The van der Waals surface area contributed by atoms with E-state index in [2.05, 4.69) is 15.3 Å². The maximum absolute atomic E-state index is 14.3. The fraction of sp³-hybridized carbons (Fsp3) is 0.364. The molecule has 4 rings (SSSR count). The number of hydrogen-bond acceptors (Lipinski definition) is 4. The Morgan fingerprint density at radius 3 is 2.52 bits per heavy atom. The Labute approximate surface area is 175 Å². The van der Waals surface area contributed by atoms with Gasteiger partial charge in [0.05, 0.1) is 6.04 Å². The molecule has 0 spiro atoms. The van der Waals surface area contributed by atoms with Crippen molar-refractivity contribution in [3.05, 3.63) is 65.1 Å². The van der Waals surface area contributed by atoms with E-state index in [-0.39, 0.29) is 28.0 Å². The van der Waals surface area contributed by atoms with Gasteiger partial charge in [-0.05, 0) is 29.9 Å². The van der Waals surface area contributed by atoms with Crippen LogP contribution in [0.15, 0.2) is 36.5 Å². The van der Waals surface area contributed by atoms with Gasteiger partial charge < -0.3 is 10.4 Å². The number of aromatic nitrogens is 2. The first-order valence-corrected chi connectivity index (χ1v) is 9.61. The van der Waals surface area contributed by atoms with Crippen LogP contribution < -0.4 is 5.32 Å². The zero-order valence-electron chi connectivity index (χ0n) is 17.0. The number of alkyl halides is 3. The summed E-state index contributed by atoms with van der Waals surface area (Å²) in [6.45, 7) is 4.74. The van der Waals surface area contributed by atoms with Crippen LogP contribution in [-0.4, -0.2) is 26.9 Å². The molecule has 2 atom stereocenters. The van der Waals surface area contributed by atoms with Gasteiger partial charge in [0.1, 0.15) is 11.3 Å². The lowest BCUT2D eigenvalue weighted by Crippen LogP contribution is -2.58. The molecular weight excluding hydrogens is 417 g/mol. The van der Waals surface area contributed by atoms with E-state index < -0.39 is 41.3 Å². The normalized spacial score (nSPS) is 22.9. The average Bonchev–Trinajstić information content (AvgIpc) is 2.67. The van der Waals surface area contributed by atoms with Gasteiger partial charge in [-0.1, -0.05) is 38.1 Å². The van der Waals surface area contributed by atoms with Crippen molar-refractivity contribution in [3.8, 4) is 0 Å². The van der Waals surface area contributed by atoms with Crippen LogP contribution in [0.1, 0.15) is 43.3 Å². The summed E-state index contributed by atoms with van der Waals surface area (Å²) in [5.74, 6) is -2.31. The summed E-state index contributed by atoms with van der Waals surface area (Å²) in [6.07, 6.45) is -4.39. The highest BCUT2D eigenvalue weighted by atomic mass is 19.4. The SMILES string of the molecule is Cc1ncc2c(N[C@@H]3c4ccccc4C(C)(C)C[C@]3(O)C(F)(F)F)cc(F)c(F)c2n1. The highest BCUT2D eigenvalue weighted by molar-refractivity contribution is 5.91. The smallest absolute Gasteiger partial charge is 0.379 e. The maximum atomic E-state index is 14.3. The maximum Gasteiger partial charge on any atom is 0.419 e. The Bertz CT molecular complexity index is 1180. The molecular formula is C22H20F5N3O.